The van der Waals surface area contributed by atoms with Crippen molar-refractivity contribution in [1.82, 2.24) is 9.78 Å². The molecule has 138 valence electrons. The second kappa shape index (κ2) is 7.32. The average molecular weight is 354 g/mol. The van der Waals surface area contributed by atoms with Crippen molar-refractivity contribution in [1.29, 1.82) is 0 Å². The summed E-state index contributed by atoms with van der Waals surface area (Å²) in [7, 11) is 1.91. The van der Waals surface area contributed by atoms with Crippen molar-refractivity contribution in [3.8, 4) is 0 Å². The monoisotopic (exact) mass is 354 g/mol. The molecular formula is C20H26N4O2. The van der Waals surface area contributed by atoms with E-state index in [9.17, 15) is 9.59 Å². The first-order chi connectivity index (χ1) is 12.3. The molecule has 0 bridgehead atoms. The highest BCUT2D eigenvalue weighted by Crippen LogP contribution is 2.31. The van der Waals surface area contributed by atoms with Crippen LogP contribution in [0.15, 0.2) is 18.2 Å². The van der Waals surface area contributed by atoms with Gasteiger partial charge in [0.25, 0.3) is 0 Å². The maximum atomic E-state index is 12.4. The Morgan fingerprint density at radius 3 is 2.54 bits per heavy atom. The molecule has 2 aromatic rings. The molecule has 0 radical (unpaired) electrons. The fraction of sp³-hybridized carbons (Fsp3) is 0.450. The largest absolute Gasteiger partial charge is 0.326 e. The molecule has 0 saturated heterocycles. The van der Waals surface area contributed by atoms with E-state index in [0.717, 1.165) is 46.7 Å². The molecule has 1 aromatic heterocycles. The van der Waals surface area contributed by atoms with Gasteiger partial charge in [-0.3, -0.25) is 14.3 Å². The number of carbonyl (C=O) groups is 2. The van der Waals surface area contributed by atoms with Crippen LogP contribution >= 0.6 is 0 Å². The molecule has 1 heterocycles. The second-order valence-corrected chi connectivity index (χ2v) is 7.11. The van der Waals surface area contributed by atoms with Crippen molar-refractivity contribution in [3.05, 3.63) is 40.7 Å². The second-order valence-electron chi connectivity index (χ2n) is 7.11. The van der Waals surface area contributed by atoms with Crippen LogP contribution in [-0.2, 0) is 23.1 Å². The summed E-state index contributed by atoms with van der Waals surface area (Å²) >= 11 is 0. The van der Waals surface area contributed by atoms with E-state index < -0.39 is 0 Å². The van der Waals surface area contributed by atoms with Crippen molar-refractivity contribution in [3.63, 3.8) is 0 Å². The van der Waals surface area contributed by atoms with Gasteiger partial charge in [-0.1, -0.05) is 6.07 Å². The van der Waals surface area contributed by atoms with Crippen LogP contribution in [0.5, 0.6) is 0 Å². The van der Waals surface area contributed by atoms with E-state index in [1.54, 1.807) is 0 Å². The van der Waals surface area contributed by atoms with Gasteiger partial charge in [-0.2, -0.15) is 5.10 Å². The van der Waals surface area contributed by atoms with Crippen LogP contribution in [0.3, 0.4) is 0 Å². The third-order valence-electron chi connectivity index (χ3n) is 4.99. The van der Waals surface area contributed by atoms with E-state index >= 15 is 0 Å². The topological polar surface area (TPSA) is 76.0 Å². The van der Waals surface area contributed by atoms with Gasteiger partial charge in [0, 0.05) is 36.5 Å². The van der Waals surface area contributed by atoms with Crippen molar-refractivity contribution in [2.75, 3.05) is 10.6 Å². The third-order valence-corrected chi connectivity index (χ3v) is 4.99. The first-order valence-corrected chi connectivity index (χ1v) is 9.05. The Hall–Kier alpha value is -2.63. The molecule has 26 heavy (non-hydrogen) atoms. The first kappa shape index (κ1) is 18.2. The molecule has 1 aliphatic carbocycles. The Morgan fingerprint density at radius 2 is 1.92 bits per heavy atom. The van der Waals surface area contributed by atoms with E-state index in [2.05, 4.69) is 15.7 Å². The van der Waals surface area contributed by atoms with Gasteiger partial charge in [0.15, 0.2) is 0 Å². The molecule has 1 aromatic carbocycles. The Kier molecular flexibility index (Phi) is 5.11. The van der Waals surface area contributed by atoms with Gasteiger partial charge in [0.2, 0.25) is 11.8 Å². The van der Waals surface area contributed by atoms with Gasteiger partial charge < -0.3 is 10.6 Å². The number of aryl methyl sites for hydroxylation is 3. The fourth-order valence-electron chi connectivity index (χ4n) is 3.05. The number of nitrogens with zero attached hydrogens (tertiary/aromatic N) is 2. The van der Waals surface area contributed by atoms with Gasteiger partial charge in [-0.05, 0) is 63.3 Å². The zero-order valence-corrected chi connectivity index (χ0v) is 15.8. The summed E-state index contributed by atoms with van der Waals surface area (Å²) in [6, 6.07) is 5.61. The van der Waals surface area contributed by atoms with Gasteiger partial charge in [-0.15, -0.1) is 0 Å². The maximum Gasteiger partial charge on any atom is 0.227 e. The number of amides is 2. The number of hydrogen-bond acceptors (Lipinski definition) is 3. The summed E-state index contributed by atoms with van der Waals surface area (Å²) in [6.07, 6.45) is 2.99. The van der Waals surface area contributed by atoms with E-state index in [-0.39, 0.29) is 17.7 Å². The average Bonchev–Trinajstić information content (AvgIpc) is 3.39. The smallest absolute Gasteiger partial charge is 0.227 e. The summed E-state index contributed by atoms with van der Waals surface area (Å²) in [5, 5.41) is 10.3. The summed E-state index contributed by atoms with van der Waals surface area (Å²) in [5.41, 5.74) is 5.63. The van der Waals surface area contributed by atoms with Gasteiger partial charge in [0.1, 0.15) is 0 Å². The Bertz CT molecular complexity index is 850. The Morgan fingerprint density at radius 1 is 1.19 bits per heavy atom. The quantitative estimate of drug-likeness (QED) is 0.836. The molecule has 6 heteroatoms. The van der Waals surface area contributed by atoms with Crippen LogP contribution in [0, 0.1) is 26.7 Å². The number of carbonyl (C=O) groups excluding carboxylic acids is 2. The summed E-state index contributed by atoms with van der Waals surface area (Å²) in [6.45, 7) is 5.93. The zero-order valence-electron chi connectivity index (χ0n) is 15.8. The summed E-state index contributed by atoms with van der Waals surface area (Å²) in [5.74, 6) is 0.176. The Labute approximate surface area is 154 Å². The minimum atomic E-state index is -0.0403. The highest BCUT2D eigenvalue weighted by atomic mass is 16.2. The number of nitrogens with one attached hydrogen (secondary N) is 2. The maximum absolute atomic E-state index is 12.4. The predicted molar refractivity (Wildman–Crippen MR) is 102 cm³/mol. The van der Waals surface area contributed by atoms with Gasteiger partial charge >= 0.3 is 0 Å². The van der Waals surface area contributed by atoms with Crippen molar-refractivity contribution < 1.29 is 9.59 Å². The molecular weight excluding hydrogens is 328 g/mol. The summed E-state index contributed by atoms with van der Waals surface area (Å²) < 4.78 is 1.85. The lowest BCUT2D eigenvalue weighted by molar-refractivity contribution is -0.117. The SMILES string of the molecule is Cc1ccc(NC(=O)C2CC2)cc1NC(=O)CCc1c(C)nn(C)c1C. The summed E-state index contributed by atoms with van der Waals surface area (Å²) in [4.78, 5) is 24.3. The number of aromatic nitrogens is 2. The van der Waals surface area contributed by atoms with Crippen molar-refractivity contribution >= 4 is 23.2 Å². The lowest BCUT2D eigenvalue weighted by Gasteiger charge is -2.12. The van der Waals surface area contributed by atoms with Crippen molar-refractivity contribution in [2.24, 2.45) is 13.0 Å². The highest BCUT2D eigenvalue weighted by molar-refractivity contribution is 5.96. The lowest BCUT2D eigenvalue weighted by atomic mass is 10.1. The minimum Gasteiger partial charge on any atom is -0.326 e. The molecule has 0 atom stereocenters. The third kappa shape index (κ3) is 4.12. The molecule has 2 amide bonds. The molecule has 0 spiro atoms. The number of anilines is 2. The Balaban J connectivity index is 1.62. The van der Waals surface area contributed by atoms with Crippen LogP contribution in [0.4, 0.5) is 11.4 Å². The normalized spacial score (nSPS) is 13.5. The van der Waals surface area contributed by atoms with Gasteiger partial charge in [-0.25, -0.2) is 0 Å². The predicted octanol–water partition coefficient (Wildman–Crippen LogP) is 3.27. The van der Waals surface area contributed by atoms with E-state index in [0.29, 0.717) is 12.8 Å². The molecule has 3 rings (SSSR count). The van der Waals surface area contributed by atoms with E-state index in [1.165, 1.54) is 0 Å². The van der Waals surface area contributed by atoms with E-state index in [4.69, 9.17) is 0 Å². The fourth-order valence-corrected chi connectivity index (χ4v) is 3.05. The molecule has 1 fully saturated rings. The molecule has 0 aliphatic heterocycles. The van der Waals surface area contributed by atoms with Crippen LogP contribution in [0.25, 0.3) is 0 Å². The van der Waals surface area contributed by atoms with Crippen LogP contribution in [0.2, 0.25) is 0 Å². The molecule has 0 unspecified atom stereocenters. The zero-order chi connectivity index (χ0) is 18.8. The van der Waals surface area contributed by atoms with Crippen LogP contribution < -0.4 is 10.6 Å². The standard InChI is InChI=1S/C20H26N4O2/c1-12-5-8-16(21-20(26)15-6-7-15)11-18(12)22-19(25)10-9-17-13(2)23-24(4)14(17)3/h5,8,11,15H,6-7,9-10H2,1-4H3,(H,21,26)(H,22,25). The number of rotatable bonds is 6. The minimum absolute atomic E-state index is 0.0403. The highest BCUT2D eigenvalue weighted by Gasteiger charge is 2.29. The molecule has 2 N–H and O–H groups in total. The van der Waals surface area contributed by atoms with E-state index in [1.807, 2.05) is 50.7 Å². The number of benzene rings is 1. The molecule has 1 saturated carbocycles. The number of hydrogen-bond donors (Lipinski definition) is 2. The van der Waals surface area contributed by atoms with Crippen LogP contribution in [0.1, 0.15) is 41.8 Å². The molecule has 6 nitrogen and oxygen atoms in total. The lowest BCUT2D eigenvalue weighted by Crippen LogP contribution is -2.16. The van der Waals surface area contributed by atoms with Crippen LogP contribution in [-0.4, -0.2) is 21.6 Å². The van der Waals surface area contributed by atoms with Crippen molar-refractivity contribution in [2.45, 2.75) is 46.5 Å². The molecule has 1 aliphatic rings. The first-order valence-electron chi connectivity index (χ1n) is 9.05. The van der Waals surface area contributed by atoms with Gasteiger partial charge in [0.05, 0.1) is 5.69 Å².